The Kier molecular flexibility index (Phi) is 7.60. The summed E-state index contributed by atoms with van der Waals surface area (Å²) >= 11 is 15.5. The molecule has 7 nitrogen and oxygen atoms in total. The maximum Gasteiger partial charge on any atom is 0.277 e. The molecule has 0 aliphatic rings. The predicted molar refractivity (Wildman–Crippen MR) is 137 cm³/mol. The highest BCUT2D eigenvalue weighted by Gasteiger charge is 2.15. The molecule has 2 aromatic heterocycles. The lowest BCUT2D eigenvalue weighted by Gasteiger charge is -2.09. The van der Waals surface area contributed by atoms with Crippen molar-refractivity contribution >= 4 is 50.9 Å². The Morgan fingerprint density at radius 2 is 1.82 bits per heavy atom. The minimum Gasteiger partial charge on any atom is -0.471 e. The van der Waals surface area contributed by atoms with E-state index in [0.717, 1.165) is 11.3 Å². The summed E-state index contributed by atoms with van der Waals surface area (Å²) in [5.74, 6) is 1.22. The van der Waals surface area contributed by atoms with Gasteiger partial charge in [0.2, 0.25) is 0 Å². The number of halogens is 3. The molecule has 10 heteroatoms. The molecule has 176 valence electrons. The van der Waals surface area contributed by atoms with Crippen molar-refractivity contribution < 1.29 is 9.53 Å². The van der Waals surface area contributed by atoms with Gasteiger partial charge in [0.05, 0.1) is 21.1 Å². The maximum atomic E-state index is 12.7. The summed E-state index contributed by atoms with van der Waals surface area (Å²) in [6.45, 7) is 4.95. The van der Waals surface area contributed by atoms with E-state index in [1.165, 1.54) is 5.56 Å². The van der Waals surface area contributed by atoms with Crippen LogP contribution in [0, 0.1) is 0 Å². The molecule has 0 spiro atoms. The fourth-order valence-electron chi connectivity index (χ4n) is 3.20. The van der Waals surface area contributed by atoms with Gasteiger partial charge >= 0.3 is 0 Å². The number of hydrogen-bond acceptors (Lipinski definition) is 4. The molecule has 0 saturated carbocycles. The second-order valence-corrected chi connectivity index (χ2v) is 9.63. The van der Waals surface area contributed by atoms with E-state index in [1.807, 2.05) is 30.3 Å². The lowest BCUT2D eigenvalue weighted by molar-refractivity contribution is 0.101. The van der Waals surface area contributed by atoms with Crippen LogP contribution in [0.3, 0.4) is 0 Å². The summed E-state index contributed by atoms with van der Waals surface area (Å²) in [6, 6.07) is 15.0. The number of amides is 1. The Bertz CT molecular complexity index is 1300. The summed E-state index contributed by atoms with van der Waals surface area (Å²) in [5.41, 5.74) is 2.43. The number of nitrogens with one attached hydrogen (secondary N) is 1. The first-order chi connectivity index (χ1) is 16.3. The second-order valence-electron chi connectivity index (χ2n) is 7.96. The smallest absolute Gasteiger partial charge is 0.277 e. The molecule has 0 fully saturated rings. The first kappa shape index (κ1) is 24.3. The summed E-state index contributed by atoms with van der Waals surface area (Å²) in [6.07, 6.45) is 3.46. The zero-order valence-electron chi connectivity index (χ0n) is 18.5. The van der Waals surface area contributed by atoms with Crippen molar-refractivity contribution in [3.05, 3.63) is 92.3 Å². The maximum absolute atomic E-state index is 12.7. The van der Waals surface area contributed by atoms with E-state index in [9.17, 15) is 4.79 Å². The van der Waals surface area contributed by atoms with E-state index in [4.69, 9.17) is 27.9 Å². The molecule has 0 bridgehead atoms. The Morgan fingerprint density at radius 3 is 2.53 bits per heavy atom. The molecule has 2 aromatic carbocycles. The SMILES string of the molecule is CC(C)c1ccc(OCn2ccc(C(=O)Nc3nn(Cc4ccc(Cl)c(Cl)c4)cc3Br)n2)cc1. The van der Waals surface area contributed by atoms with E-state index >= 15 is 0 Å². The van der Waals surface area contributed by atoms with Gasteiger partial charge in [-0.05, 0) is 63.3 Å². The quantitative estimate of drug-likeness (QED) is 0.262. The highest BCUT2D eigenvalue weighted by molar-refractivity contribution is 9.10. The van der Waals surface area contributed by atoms with Crippen LogP contribution in [0.25, 0.3) is 0 Å². The number of nitrogens with zero attached hydrogens (tertiary/aromatic N) is 4. The normalized spacial score (nSPS) is 11.1. The van der Waals surface area contributed by atoms with Crippen LogP contribution in [0.5, 0.6) is 5.75 Å². The third-order valence-electron chi connectivity index (χ3n) is 5.06. The van der Waals surface area contributed by atoms with Crippen molar-refractivity contribution in [2.24, 2.45) is 0 Å². The number of carbonyl (C=O) groups excluding carboxylic acids is 1. The molecule has 2 heterocycles. The van der Waals surface area contributed by atoms with Crippen LogP contribution < -0.4 is 10.1 Å². The molecular formula is C24H22BrCl2N5O2. The van der Waals surface area contributed by atoms with Gasteiger partial charge in [-0.1, -0.05) is 55.2 Å². The third kappa shape index (κ3) is 6.00. The van der Waals surface area contributed by atoms with Crippen LogP contribution >= 0.6 is 39.1 Å². The zero-order valence-corrected chi connectivity index (χ0v) is 21.6. The van der Waals surface area contributed by atoms with E-state index < -0.39 is 0 Å². The Hall–Kier alpha value is -2.81. The Labute approximate surface area is 215 Å². The monoisotopic (exact) mass is 561 g/mol. The molecule has 4 rings (SSSR count). The minimum atomic E-state index is -0.375. The highest BCUT2D eigenvalue weighted by atomic mass is 79.9. The number of carbonyl (C=O) groups is 1. The average Bonchev–Trinajstić information content (AvgIpc) is 3.42. The molecule has 1 amide bonds. The van der Waals surface area contributed by atoms with Crippen molar-refractivity contribution in [1.29, 1.82) is 0 Å². The van der Waals surface area contributed by atoms with Crippen molar-refractivity contribution in [3.63, 3.8) is 0 Å². The molecule has 1 N–H and O–H groups in total. The first-order valence-corrected chi connectivity index (χ1v) is 12.1. The third-order valence-corrected chi connectivity index (χ3v) is 6.38. The number of hydrogen-bond donors (Lipinski definition) is 1. The fraction of sp³-hybridized carbons (Fsp3) is 0.208. The van der Waals surface area contributed by atoms with E-state index in [0.29, 0.717) is 32.8 Å². The van der Waals surface area contributed by atoms with Gasteiger partial charge in [0.25, 0.3) is 5.91 Å². The Balaban J connectivity index is 1.35. The van der Waals surface area contributed by atoms with E-state index in [2.05, 4.69) is 45.3 Å². The van der Waals surface area contributed by atoms with Crippen LogP contribution in [0.1, 0.15) is 41.4 Å². The summed E-state index contributed by atoms with van der Waals surface area (Å²) in [4.78, 5) is 12.7. The minimum absolute atomic E-state index is 0.191. The van der Waals surface area contributed by atoms with Gasteiger partial charge in [0.15, 0.2) is 18.2 Å². The molecule has 0 saturated heterocycles. The van der Waals surface area contributed by atoms with Crippen molar-refractivity contribution in [2.75, 3.05) is 5.32 Å². The van der Waals surface area contributed by atoms with Gasteiger partial charge in [-0.2, -0.15) is 10.2 Å². The van der Waals surface area contributed by atoms with Gasteiger partial charge < -0.3 is 10.1 Å². The zero-order chi connectivity index (χ0) is 24.2. The lowest BCUT2D eigenvalue weighted by Crippen LogP contribution is -2.15. The molecule has 4 aromatic rings. The van der Waals surface area contributed by atoms with Gasteiger partial charge in [-0.15, -0.1) is 0 Å². The molecule has 34 heavy (non-hydrogen) atoms. The van der Waals surface area contributed by atoms with Crippen LogP contribution in [0.4, 0.5) is 5.82 Å². The molecule has 0 radical (unpaired) electrons. The number of ether oxygens (including phenoxy) is 1. The number of rotatable bonds is 8. The van der Waals surface area contributed by atoms with E-state index in [1.54, 1.807) is 40.0 Å². The lowest BCUT2D eigenvalue weighted by atomic mass is 10.0. The number of anilines is 1. The number of aromatic nitrogens is 4. The number of benzene rings is 2. The van der Waals surface area contributed by atoms with Crippen LogP contribution in [0.2, 0.25) is 10.0 Å². The highest BCUT2D eigenvalue weighted by Crippen LogP contribution is 2.25. The molecular weight excluding hydrogens is 541 g/mol. The molecule has 0 atom stereocenters. The topological polar surface area (TPSA) is 74.0 Å². The van der Waals surface area contributed by atoms with Gasteiger partial charge in [-0.3, -0.25) is 9.48 Å². The van der Waals surface area contributed by atoms with Crippen LogP contribution in [-0.2, 0) is 13.3 Å². The Morgan fingerprint density at radius 1 is 1.06 bits per heavy atom. The van der Waals surface area contributed by atoms with Crippen LogP contribution in [0.15, 0.2) is 65.4 Å². The van der Waals surface area contributed by atoms with Gasteiger partial charge in [-0.25, -0.2) is 4.68 Å². The fourth-order valence-corrected chi connectivity index (χ4v) is 3.94. The molecule has 0 unspecified atom stereocenters. The summed E-state index contributed by atoms with van der Waals surface area (Å²) < 4.78 is 9.66. The van der Waals surface area contributed by atoms with Crippen molar-refractivity contribution in [3.8, 4) is 5.75 Å². The average molecular weight is 563 g/mol. The standard InChI is InChI=1S/C24H22BrCl2N5O2/c1-15(2)17-4-6-18(7-5-17)34-14-31-10-9-22(29-31)24(33)28-23-19(25)13-32(30-23)12-16-3-8-20(26)21(27)11-16/h3-11,13,15H,12,14H2,1-2H3,(H,28,30,33). The van der Waals surface area contributed by atoms with Crippen molar-refractivity contribution in [1.82, 2.24) is 19.6 Å². The second kappa shape index (κ2) is 10.6. The van der Waals surface area contributed by atoms with Gasteiger partial charge in [0.1, 0.15) is 5.75 Å². The largest absolute Gasteiger partial charge is 0.471 e. The summed E-state index contributed by atoms with van der Waals surface area (Å²) in [5, 5.41) is 12.5. The summed E-state index contributed by atoms with van der Waals surface area (Å²) in [7, 11) is 0. The van der Waals surface area contributed by atoms with E-state index in [-0.39, 0.29) is 18.3 Å². The van der Waals surface area contributed by atoms with Crippen molar-refractivity contribution in [2.45, 2.75) is 33.0 Å². The molecule has 0 aliphatic heterocycles. The predicted octanol–water partition coefficient (Wildman–Crippen LogP) is 6.61. The first-order valence-electron chi connectivity index (χ1n) is 10.5. The molecule has 0 aliphatic carbocycles. The van der Waals surface area contributed by atoms with Crippen LogP contribution in [-0.4, -0.2) is 25.5 Å². The van der Waals surface area contributed by atoms with Gasteiger partial charge in [0, 0.05) is 12.4 Å².